The highest BCUT2D eigenvalue weighted by molar-refractivity contribution is 7.07. The van der Waals surface area contributed by atoms with E-state index in [9.17, 15) is 4.79 Å². The van der Waals surface area contributed by atoms with Crippen LogP contribution in [0.5, 0.6) is 0 Å². The van der Waals surface area contributed by atoms with Crippen molar-refractivity contribution in [1.29, 1.82) is 0 Å². The number of amides is 1. The van der Waals surface area contributed by atoms with E-state index in [-0.39, 0.29) is 11.5 Å². The van der Waals surface area contributed by atoms with Gasteiger partial charge in [-0.3, -0.25) is 4.79 Å². The van der Waals surface area contributed by atoms with Crippen molar-refractivity contribution in [3.05, 3.63) is 16.6 Å². The molecule has 0 saturated carbocycles. The van der Waals surface area contributed by atoms with Crippen molar-refractivity contribution in [3.63, 3.8) is 0 Å². The van der Waals surface area contributed by atoms with E-state index in [0.717, 1.165) is 51.4 Å². The molecule has 3 aliphatic heterocycles. The van der Waals surface area contributed by atoms with Gasteiger partial charge in [0, 0.05) is 31.6 Å². The maximum Gasteiger partial charge on any atom is 0.225 e. The van der Waals surface area contributed by atoms with Crippen molar-refractivity contribution in [2.24, 2.45) is 5.92 Å². The summed E-state index contributed by atoms with van der Waals surface area (Å²) in [5.41, 5.74) is 2.63. The van der Waals surface area contributed by atoms with E-state index in [1.54, 1.807) is 11.3 Å². The summed E-state index contributed by atoms with van der Waals surface area (Å²) in [6, 6.07) is 0. The molecule has 3 saturated heterocycles. The van der Waals surface area contributed by atoms with Gasteiger partial charge in [0.2, 0.25) is 5.91 Å². The van der Waals surface area contributed by atoms with E-state index in [0.29, 0.717) is 32.0 Å². The Morgan fingerprint density at radius 3 is 2.92 bits per heavy atom. The molecule has 4 heterocycles. The highest BCUT2D eigenvalue weighted by atomic mass is 32.1. The first-order valence-electron chi connectivity index (χ1n) is 9.31. The largest absolute Gasteiger partial charge is 0.381 e. The van der Waals surface area contributed by atoms with E-state index in [4.69, 9.17) is 9.47 Å². The van der Waals surface area contributed by atoms with Crippen LogP contribution < -0.4 is 0 Å². The van der Waals surface area contributed by atoms with Crippen molar-refractivity contribution >= 4 is 17.2 Å². The van der Waals surface area contributed by atoms with Crippen molar-refractivity contribution in [2.45, 2.75) is 37.8 Å². The van der Waals surface area contributed by atoms with Gasteiger partial charge in [0.1, 0.15) is 0 Å². The molecule has 1 aromatic heterocycles. The van der Waals surface area contributed by atoms with E-state index in [2.05, 4.69) is 9.88 Å². The number of aromatic nitrogens is 1. The number of nitrogens with zero attached hydrogens (tertiary/aromatic N) is 3. The zero-order chi connectivity index (χ0) is 17.1. The first-order valence-corrected chi connectivity index (χ1v) is 10.3. The quantitative estimate of drug-likeness (QED) is 0.814. The normalized spacial score (nSPS) is 27.8. The van der Waals surface area contributed by atoms with Crippen LogP contribution in [0.3, 0.4) is 0 Å². The lowest BCUT2D eigenvalue weighted by molar-refractivity contribution is -0.132. The summed E-state index contributed by atoms with van der Waals surface area (Å²) < 4.78 is 11.7. The molecule has 3 fully saturated rings. The number of hydrogen-bond acceptors (Lipinski definition) is 6. The molecule has 0 N–H and O–H groups in total. The van der Waals surface area contributed by atoms with Crippen LogP contribution in [0.2, 0.25) is 0 Å². The highest BCUT2D eigenvalue weighted by Gasteiger charge is 2.40. The Kier molecular flexibility index (Phi) is 5.36. The molecule has 0 aromatic carbocycles. The molecule has 6 nitrogen and oxygen atoms in total. The van der Waals surface area contributed by atoms with Gasteiger partial charge >= 0.3 is 0 Å². The summed E-state index contributed by atoms with van der Waals surface area (Å²) in [7, 11) is 0. The van der Waals surface area contributed by atoms with Crippen LogP contribution in [0, 0.1) is 5.92 Å². The smallest absolute Gasteiger partial charge is 0.225 e. The van der Waals surface area contributed by atoms with Crippen LogP contribution in [0.15, 0.2) is 10.9 Å². The molecule has 1 amide bonds. The predicted molar refractivity (Wildman–Crippen MR) is 95.4 cm³/mol. The van der Waals surface area contributed by atoms with Gasteiger partial charge in [0.15, 0.2) is 0 Å². The van der Waals surface area contributed by atoms with Crippen molar-refractivity contribution in [2.75, 3.05) is 46.0 Å². The number of carbonyl (C=O) groups is 1. The number of ether oxygens (including phenoxy) is 2. The van der Waals surface area contributed by atoms with Crippen molar-refractivity contribution in [1.82, 2.24) is 14.8 Å². The number of rotatable bonds is 4. The van der Waals surface area contributed by atoms with E-state index in [1.165, 1.54) is 6.42 Å². The van der Waals surface area contributed by atoms with Crippen LogP contribution in [0.4, 0.5) is 0 Å². The van der Waals surface area contributed by atoms with Gasteiger partial charge in [-0.05, 0) is 25.2 Å². The average molecular weight is 365 g/mol. The summed E-state index contributed by atoms with van der Waals surface area (Å²) >= 11 is 1.58. The number of hydrogen-bond donors (Lipinski definition) is 0. The summed E-state index contributed by atoms with van der Waals surface area (Å²) in [6.07, 6.45) is 3.67. The molecule has 3 aliphatic rings. The third-order valence-electron chi connectivity index (χ3n) is 5.70. The lowest BCUT2D eigenvalue weighted by Crippen LogP contribution is -2.52. The molecule has 0 radical (unpaired) electrons. The second-order valence-electron chi connectivity index (χ2n) is 7.54. The number of thiazole rings is 1. The topological polar surface area (TPSA) is 54.9 Å². The maximum atomic E-state index is 12.5. The zero-order valence-corrected chi connectivity index (χ0v) is 15.5. The molecule has 0 aliphatic carbocycles. The van der Waals surface area contributed by atoms with Gasteiger partial charge in [0.05, 0.1) is 49.5 Å². The summed E-state index contributed by atoms with van der Waals surface area (Å²) in [4.78, 5) is 21.3. The lowest BCUT2D eigenvalue weighted by atomic mass is 9.89. The fraction of sp³-hybridized carbons (Fsp3) is 0.778. The van der Waals surface area contributed by atoms with Gasteiger partial charge in [-0.2, -0.15) is 0 Å². The standard InChI is InChI=1S/C18H27N3O3S/c22-17-2-8-24-18(13-21(17)10-16-12-25-14-19-16)3-5-20(6-4-18)9-15-1-7-23-11-15/h12,14-15H,1-11,13H2. The third kappa shape index (κ3) is 4.22. The monoisotopic (exact) mass is 365 g/mol. The number of carbonyl (C=O) groups excluding carboxylic acids is 1. The fourth-order valence-corrected chi connectivity index (χ4v) is 4.74. The second-order valence-corrected chi connectivity index (χ2v) is 8.26. The Balaban J connectivity index is 1.36. The number of likely N-dealkylation sites (tertiary alicyclic amines) is 1. The van der Waals surface area contributed by atoms with Crippen LogP contribution in [-0.4, -0.2) is 72.3 Å². The molecule has 1 aromatic rings. The SMILES string of the molecule is O=C1CCOC2(CCN(CC3CCOC3)CC2)CN1Cc1cscn1. The van der Waals surface area contributed by atoms with Gasteiger partial charge in [0.25, 0.3) is 0 Å². The van der Waals surface area contributed by atoms with Crippen molar-refractivity contribution in [3.8, 4) is 0 Å². The summed E-state index contributed by atoms with van der Waals surface area (Å²) in [5, 5.41) is 2.03. The lowest BCUT2D eigenvalue weighted by Gasteiger charge is -2.43. The Morgan fingerprint density at radius 2 is 2.20 bits per heavy atom. The van der Waals surface area contributed by atoms with Gasteiger partial charge in [-0.15, -0.1) is 11.3 Å². The minimum Gasteiger partial charge on any atom is -0.381 e. The van der Waals surface area contributed by atoms with Gasteiger partial charge in [-0.25, -0.2) is 4.98 Å². The Hall–Kier alpha value is -1.02. The third-order valence-corrected chi connectivity index (χ3v) is 6.34. The Morgan fingerprint density at radius 1 is 1.32 bits per heavy atom. The minimum atomic E-state index is -0.176. The first-order chi connectivity index (χ1) is 12.2. The second kappa shape index (κ2) is 7.70. The van der Waals surface area contributed by atoms with Gasteiger partial charge in [-0.1, -0.05) is 0 Å². The fourth-order valence-electron chi connectivity index (χ4n) is 4.19. The molecule has 1 spiro atoms. The molecule has 138 valence electrons. The minimum absolute atomic E-state index is 0.176. The molecular formula is C18H27N3O3S. The zero-order valence-electron chi connectivity index (χ0n) is 14.7. The predicted octanol–water partition coefficient (Wildman–Crippen LogP) is 1.76. The van der Waals surface area contributed by atoms with Crippen LogP contribution in [-0.2, 0) is 20.8 Å². The average Bonchev–Trinajstić information content (AvgIpc) is 3.28. The molecule has 25 heavy (non-hydrogen) atoms. The molecular weight excluding hydrogens is 338 g/mol. The van der Waals surface area contributed by atoms with Gasteiger partial charge < -0.3 is 19.3 Å². The molecule has 0 bridgehead atoms. The highest BCUT2D eigenvalue weighted by Crippen LogP contribution is 2.31. The molecule has 1 unspecified atom stereocenters. The van der Waals surface area contributed by atoms with Crippen LogP contribution in [0.25, 0.3) is 0 Å². The summed E-state index contributed by atoms with van der Waals surface area (Å²) in [5.74, 6) is 0.877. The number of piperidine rings is 1. The summed E-state index contributed by atoms with van der Waals surface area (Å²) in [6.45, 7) is 6.92. The van der Waals surface area contributed by atoms with Crippen LogP contribution >= 0.6 is 11.3 Å². The molecule has 4 rings (SSSR count). The Labute approximate surface area is 153 Å². The Bertz CT molecular complexity index is 566. The van der Waals surface area contributed by atoms with Crippen LogP contribution in [0.1, 0.15) is 31.4 Å². The van der Waals surface area contributed by atoms with E-state index >= 15 is 0 Å². The maximum absolute atomic E-state index is 12.5. The molecule has 1 atom stereocenters. The van der Waals surface area contributed by atoms with Crippen molar-refractivity contribution < 1.29 is 14.3 Å². The first kappa shape index (κ1) is 17.4. The molecule has 7 heteroatoms. The van der Waals surface area contributed by atoms with E-state index < -0.39 is 0 Å². The van der Waals surface area contributed by atoms with E-state index in [1.807, 2.05) is 15.8 Å².